The summed E-state index contributed by atoms with van der Waals surface area (Å²) in [6.45, 7) is 7.84. The molecule has 0 bridgehead atoms. The number of benzene rings is 1. The molecule has 0 saturated carbocycles. The van der Waals surface area contributed by atoms with Crippen LogP contribution in [0, 0.1) is 23.6 Å². The summed E-state index contributed by atoms with van der Waals surface area (Å²) >= 11 is 1.37. The van der Waals surface area contributed by atoms with Gasteiger partial charge in [0.25, 0.3) is 0 Å². The highest BCUT2D eigenvalue weighted by atomic mass is 32.1. The number of carbonyl (C=O) groups excluding carboxylic acids is 1. The molecule has 1 aromatic carbocycles. The lowest BCUT2D eigenvalue weighted by Gasteiger charge is -2.39. The average Bonchev–Trinajstić information content (AvgIpc) is 3.61. The van der Waals surface area contributed by atoms with Crippen molar-refractivity contribution >= 4 is 29.1 Å². The van der Waals surface area contributed by atoms with Crippen molar-refractivity contribution in [3.8, 4) is 12.3 Å². The Kier molecular flexibility index (Phi) is 8.96. The Morgan fingerprint density at radius 2 is 2.09 bits per heavy atom. The number of hydrogen-bond acceptors (Lipinski definition) is 11. The van der Waals surface area contributed by atoms with Crippen LogP contribution in [0.2, 0.25) is 0 Å². The number of aromatic nitrogens is 1. The van der Waals surface area contributed by atoms with Gasteiger partial charge in [0.15, 0.2) is 17.2 Å². The van der Waals surface area contributed by atoms with Gasteiger partial charge >= 0.3 is 11.9 Å². The van der Waals surface area contributed by atoms with Crippen LogP contribution in [0.15, 0.2) is 46.0 Å². The number of aliphatic carboxylic acids is 1. The second-order valence-electron chi connectivity index (χ2n) is 11.4. The van der Waals surface area contributed by atoms with Gasteiger partial charge in [-0.2, -0.15) is 0 Å². The number of halogens is 1. The van der Waals surface area contributed by atoms with E-state index in [1.165, 1.54) is 23.5 Å². The van der Waals surface area contributed by atoms with Crippen LogP contribution < -0.4 is 5.32 Å². The number of aliphatic imine (C=N–C) groups is 1. The highest BCUT2D eigenvalue weighted by Crippen LogP contribution is 2.36. The molecule has 3 aliphatic heterocycles. The molecule has 228 valence electrons. The van der Waals surface area contributed by atoms with E-state index in [4.69, 9.17) is 16.2 Å². The van der Waals surface area contributed by atoms with Crippen LogP contribution in [0.3, 0.4) is 0 Å². The van der Waals surface area contributed by atoms with Gasteiger partial charge in [0.1, 0.15) is 11.9 Å². The smallest absolute Gasteiger partial charge is 0.338 e. The van der Waals surface area contributed by atoms with E-state index < -0.39 is 35.6 Å². The zero-order valence-corrected chi connectivity index (χ0v) is 25.1. The number of carboxylic acid groups (broad SMARTS) is 1. The Bertz CT molecular complexity index is 1490. The summed E-state index contributed by atoms with van der Waals surface area (Å²) in [7, 11) is 0. The number of nitrogens with zero attached hydrogens (tertiary/aromatic N) is 5. The topological polar surface area (TPSA) is 131 Å². The minimum Gasteiger partial charge on any atom is -0.481 e. The first kappa shape index (κ1) is 30.8. The third-order valence-corrected chi connectivity index (χ3v) is 8.76. The van der Waals surface area contributed by atoms with Crippen molar-refractivity contribution in [2.45, 2.75) is 39.2 Å². The summed E-state index contributed by atoms with van der Waals surface area (Å²) in [6, 6.07) is 3.49. The lowest BCUT2D eigenvalue weighted by Crippen LogP contribution is -2.54. The van der Waals surface area contributed by atoms with Crippen LogP contribution in [0.1, 0.15) is 42.9 Å². The molecule has 11 nitrogen and oxygen atoms in total. The van der Waals surface area contributed by atoms with E-state index in [1.54, 1.807) is 37.9 Å². The zero-order valence-electron chi connectivity index (χ0n) is 24.3. The van der Waals surface area contributed by atoms with Crippen molar-refractivity contribution < 1.29 is 28.9 Å². The van der Waals surface area contributed by atoms with E-state index in [0.717, 1.165) is 0 Å². The number of fused-ring (bicyclic) bond motifs is 1. The quantitative estimate of drug-likeness (QED) is 0.286. The summed E-state index contributed by atoms with van der Waals surface area (Å²) < 4.78 is 20.3. The molecule has 2 saturated heterocycles. The number of esters is 1. The van der Waals surface area contributed by atoms with Gasteiger partial charge in [-0.25, -0.2) is 14.2 Å². The second kappa shape index (κ2) is 12.5. The van der Waals surface area contributed by atoms with E-state index in [9.17, 15) is 24.2 Å². The second-order valence-corrected chi connectivity index (χ2v) is 12.3. The number of amidine groups is 1. The third-order valence-electron chi connectivity index (χ3n) is 7.98. The summed E-state index contributed by atoms with van der Waals surface area (Å²) in [5, 5.41) is 26.3. The zero-order chi connectivity index (χ0) is 30.9. The van der Waals surface area contributed by atoms with Gasteiger partial charge in [-0.05, 0) is 32.4 Å². The molecular weight excluding hydrogens is 575 g/mol. The fraction of sp³-hybridized carbons (Fsp3) is 0.467. The first-order valence-corrected chi connectivity index (χ1v) is 15.0. The Labute approximate surface area is 253 Å². The molecule has 0 radical (unpaired) electrons. The summed E-state index contributed by atoms with van der Waals surface area (Å²) in [4.78, 5) is 40.3. The number of piperazine rings is 1. The molecule has 1 aromatic heterocycles. The number of nitrogens with one attached hydrogen (secondary N) is 1. The monoisotopic (exact) mass is 610 g/mol. The highest BCUT2D eigenvalue weighted by Gasteiger charge is 2.45. The molecule has 5 rings (SSSR count). The van der Waals surface area contributed by atoms with E-state index >= 15 is 0 Å². The normalized spacial score (nSPS) is 23.3. The van der Waals surface area contributed by atoms with Crippen LogP contribution in [-0.2, 0) is 14.3 Å². The molecule has 2 unspecified atom stereocenters. The van der Waals surface area contributed by atoms with Gasteiger partial charge in [-0.1, -0.05) is 18.1 Å². The predicted molar refractivity (Wildman–Crippen MR) is 158 cm³/mol. The fourth-order valence-electron chi connectivity index (χ4n) is 5.83. The Morgan fingerprint density at radius 1 is 1.30 bits per heavy atom. The number of aliphatic hydroxyl groups excluding tert-OH is 1. The van der Waals surface area contributed by atoms with Gasteiger partial charge in [-0.15, -0.1) is 17.8 Å². The lowest BCUT2D eigenvalue weighted by atomic mass is 9.91. The van der Waals surface area contributed by atoms with Crippen LogP contribution in [-0.4, -0.2) is 106 Å². The van der Waals surface area contributed by atoms with Gasteiger partial charge in [0.2, 0.25) is 0 Å². The Morgan fingerprint density at radius 3 is 2.77 bits per heavy atom. The number of carbonyl (C=O) groups is 2. The van der Waals surface area contributed by atoms with Crippen molar-refractivity contribution in [1.82, 2.24) is 25.0 Å². The molecule has 0 spiro atoms. The number of hydrogen-bond donors (Lipinski definition) is 3. The maximum atomic E-state index is 14.8. The first-order chi connectivity index (χ1) is 20.5. The molecule has 43 heavy (non-hydrogen) atoms. The summed E-state index contributed by atoms with van der Waals surface area (Å²) in [6.07, 6.45) is 6.49. The van der Waals surface area contributed by atoms with Crippen LogP contribution in [0.25, 0.3) is 0 Å². The van der Waals surface area contributed by atoms with Crippen molar-refractivity contribution in [3.63, 3.8) is 0 Å². The molecule has 2 aromatic rings. The molecule has 0 aliphatic carbocycles. The standard InChI is InChI=1S/C30H35FN6O5S/c1-5-19-20(8-7-9-21(19)31)24-23(27(38)42-6-2)22(33-25(34-24)26-32-10-13-43-26)16-35-11-12-37-18(14-35)15-36(29(37)41)17-30(3,4)28(39)40/h1,7-10,13,18,24,29,41H,6,11-12,14-17H2,2-4H3,(H,33,34)(H,39,40)/t18-,24?,29?/m0/s1. The van der Waals surface area contributed by atoms with Gasteiger partial charge in [0.05, 0.1) is 23.2 Å². The Balaban J connectivity index is 1.47. The van der Waals surface area contributed by atoms with Crippen LogP contribution in [0.4, 0.5) is 4.39 Å². The number of ether oxygens (including phenoxy) is 1. The molecular formula is C30H35FN6O5S. The van der Waals surface area contributed by atoms with Gasteiger partial charge in [-0.3, -0.25) is 24.5 Å². The van der Waals surface area contributed by atoms with E-state index in [-0.39, 0.29) is 30.3 Å². The lowest BCUT2D eigenvalue weighted by molar-refractivity contribution is -0.150. The number of aliphatic hydroxyl groups is 1. The highest BCUT2D eigenvalue weighted by molar-refractivity contribution is 7.11. The SMILES string of the molecule is C#Cc1c(F)cccc1C1N=C(c2nccs2)NC(CN2CCN3C(O)N(CC(C)(C)C(=O)O)C[C@@H]3C2)=C1C(=O)OCC. The van der Waals surface area contributed by atoms with Crippen LogP contribution in [0.5, 0.6) is 0 Å². The maximum absolute atomic E-state index is 14.8. The average molecular weight is 611 g/mol. The van der Waals surface area contributed by atoms with Gasteiger partial charge < -0.3 is 20.3 Å². The Hall–Kier alpha value is -3.67. The summed E-state index contributed by atoms with van der Waals surface area (Å²) in [5.41, 5.74) is 0.166. The van der Waals surface area contributed by atoms with Crippen molar-refractivity contribution in [2.75, 3.05) is 45.9 Å². The van der Waals surface area contributed by atoms with E-state index in [1.807, 2.05) is 10.3 Å². The van der Waals surface area contributed by atoms with Crippen molar-refractivity contribution in [1.29, 1.82) is 0 Å². The number of terminal acetylenes is 1. The molecule has 3 atom stereocenters. The minimum atomic E-state index is -1.02. The number of carboxylic acids is 1. The van der Waals surface area contributed by atoms with Crippen molar-refractivity contribution in [2.24, 2.45) is 10.4 Å². The maximum Gasteiger partial charge on any atom is 0.338 e. The first-order valence-electron chi connectivity index (χ1n) is 14.1. The predicted octanol–water partition coefficient (Wildman–Crippen LogP) is 1.86. The largest absolute Gasteiger partial charge is 0.481 e. The fourth-order valence-corrected chi connectivity index (χ4v) is 6.42. The van der Waals surface area contributed by atoms with E-state index in [0.29, 0.717) is 54.8 Å². The summed E-state index contributed by atoms with van der Waals surface area (Å²) in [5.74, 6) is 0.770. The molecule has 2 fully saturated rings. The van der Waals surface area contributed by atoms with Crippen molar-refractivity contribution in [3.05, 3.63) is 63.0 Å². The molecule has 4 heterocycles. The molecule has 0 amide bonds. The molecule has 3 N–H and O–H groups in total. The van der Waals surface area contributed by atoms with E-state index in [2.05, 4.69) is 21.1 Å². The third kappa shape index (κ3) is 6.20. The number of thiazole rings is 1. The van der Waals surface area contributed by atoms with Crippen LogP contribution >= 0.6 is 11.3 Å². The molecule has 13 heteroatoms. The van der Waals surface area contributed by atoms with Gasteiger partial charge in [0, 0.05) is 62.6 Å². The molecule has 3 aliphatic rings. The number of rotatable bonds is 9. The minimum absolute atomic E-state index is 0.0238.